The molecule has 0 aliphatic carbocycles. The third-order valence-corrected chi connectivity index (χ3v) is 6.71. The molecule has 1 atom stereocenters. The summed E-state index contributed by atoms with van der Waals surface area (Å²) in [7, 11) is 1.67. The van der Waals surface area contributed by atoms with Gasteiger partial charge in [0.25, 0.3) is 5.91 Å². The molecule has 184 valence electrons. The van der Waals surface area contributed by atoms with Crippen LogP contribution in [0.25, 0.3) is 0 Å². The largest absolute Gasteiger partial charge is 0.494 e. The highest BCUT2D eigenvalue weighted by Gasteiger charge is 2.27. The fourth-order valence-electron chi connectivity index (χ4n) is 4.61. The molecule has 1 amide bonds. The number of nitrogens with zero attached hydrogens (tertiary/aromatic N) is 2. The number of unbranched alkanes of at least 4 members (excludes halogenated alkanes) is 1. The zero-order valence-electron chi connectivity index (χ0n) is 20.3. The molecule has 7 heteroatoms. The van der Waals surface area contributed by atoms with Gasteiger partial charge in [0.05, 0.1) is 12.3 Å². The van der Waals surface area contributed by atoms with Crippen molar-refractivity contribution in [3.63, 3.8) is 0 Å². The van der Waals surface area contributed by atoms with Crippen molar-refractivity contribution in [3.8, 4) is 5.75 Å². The van der Waals surface area contributed by atoms with E-state index >= 15 is 4.39 Å². The highest BCUT2D eigenvalue weighted by molar-refractivity contribution is 6.05. The molecule has 2 aliphatic heterocycles. The molecule has 0 bridgehead atoms. The predicted octanol–water partition coefficient (Wildman–Crippen LogP) is 4.63. The van der Waals surface area contributed by atoms with Crippen LogP contribution in [0.2, 0.25) is 0 Å². The molecule has 2 aliphatic rings. The Morgan fingerprint density at radius 2 is 1.91 bits per heavy atom. The van der Waals surface area contributed by atoms with Gasteiger partial charge in [-0.3, -0.25) is 4.79 Å². The first-order valence-electron chi connectivity index (χ1n) is 12.4. The van der Waals surface area contributed by atoms with E-state index in [1.807, 2.05) is 6.07 Å². The number of nitrogens with one attached hydrogen (secondary N) is 1. The van der Waals surface area contributed by atoms with E-state index in [4.69, 9.17) is 9.47 Å². The molecular weight excluding hydrogens is 433 g/mol. The molecule has 0 saturated carbocycles. The summed E-state index contributed by atoms with van der Waals surface area (Å²) < 4.78 is 26.2. The van der Waals surface area contributed by atoms with E-state index in [1.54, 1.807) is 37.4 Å². The number of ether oxygens (including phenoxy) is 2. The van der Waals surface area contributed by atoms with Crippen molar-refractivity contribution in [2.45, 2.75) is 51.1 Å². The molecule has 2 aromatic carbocycles. The predicted molar refractivity (Wildman–Crippen MR) is 134 cm³/mol. The second-order valence-corrected chi connectivity index (χ2v) is 9.21. The standard InChI is InChI=1S/C27H36FN3O3/c1-3-4-15-34-24-8-5-20(6-9-24)27(32)30(2)23-7-10-26(25(28)18-23)31-14-11-22(19-31)29-21-12-16-33-17-13-21/h5-10,18,21-22,29H,3-4,11-17,19H2,1-2H3. The van der Waals surface area contributed by atoms with Gasteiger partial charge in [0.1, 0.15) is 11.6 Å². The van der Waals surface area contributed by atoms with Gasteiger partial charge in [-0.25, -0.2) is 4.39 Å². The zero-order valence-corrected chi connectivity index (χ0v) is 20.3. The lowest BCUT2D eigenvalue weighted by Gasteiger charge is -2.27. The smallest absolute Gasteiger partial charge is 0.258 e. The molecule has 2 aromatic rings. The van der Waals surface area contributed by atoms with Crippen molar-refractivity contribution in [1.29, 1.82) is 0 Å². The minimum atomic E-state index is -0.302. The first-order chi connectivity index (χ1) is 16.5. The Bertz CT molecular complexity index is 947. The van der Waals surface area contributed by atoms with Gasteiger partial charge in [-0.05, 0) is 68.1 Å². The van der Waals surface area contributed by atoms with E-state index in [0.717, 1.165) is 64.2 Å². The van der Waals surface area contributed by atoms with Gasteiger partial charge in [0, 0.05) is 56.7 Å². The van der Waals surface area contributed by atoms with Gasteiger partial charge < -0.3 is 24.6 Å². The zero-order chi connectivity index (χ0) is 23.9. The summed E-state index contributed by atoms with van der Waals surface area (Å²) in [6.45, 7) is 6.01. The minimum Gasteiger partial charge on any atom is -0.494 e. The summed E-state index contributed by atoms with van der Waals surface area (Å²) in [5.74, 6) is 0.260. The van der Waals surface area contributed by atoms with Crippen molar-refractivity contribution >= 4 is 17.3 Å². The number of rotatable bonds is 9. The van der Waals surface area contributed by atoms with Crippen LogP contribution in [-0.4, -0.2) is 57.9 Å². The van der Waals surface area contributed by atoms with Crippen LogP contribution in [0.5, 0.6) is 5.75 Å². The van der Waals surface area contributed by atoms with Crippen molar-refractivity contribution in [2.24, 2.45) is 0 Å². The van der Waals surface area contributed by atoms with Crippen LogP contribution in [0.3, 0.4) is 0 Å². The molecule has 4 rings (SSSR count). The highest BCUT2D eigenvalue weighted by atomic mass is 19.1. The lowest BCUT2D eigenvalue weighted by Crippen LogP contribution is -2.43. The molecule has 6 nitrogen and oxygen atoms in total. The van der Waals surface area contributed by atoms with Crippen LogP contribution < -0.4 is 19.9 Å². The lowest BCUT2D eigenvalue weighted by atomic mass is 10.1. The summed E-state index contributed by atoms with van der Waals surface area (Å²) in [6, 6.07) is 13.0. The third-order valence-electron chi connectivity index (χ3n) is 6.71. The number of hydrogen-bond acceptors (Lipinski definition) is 5. The normalized spacial score (nSPS) is 18.8. The first kappa shape index (κ1) is 24.5. The average molecular weight is 470 g/mol. The number of benzene rings is 2. The molecule has 34 heavy (non-hydrogen) atoms. The second kappa shape index (κ2) is 11.7. The average Bonchev–Trinajstić information content (AvgIpc) is 3.32. The van der Waals surface area contributed by atoms with Gasteiger partial charge in [0.15, 0.2) is 0 Å². The Hall–Kier alpha value is -2.64. The van der Waals surface area contributed by atoms with Crippen molar-refractivity contribution < 1.29 is 18.7 Å². The summed E-state index contributed by atoms with van der Waals surface area (Å²) in [4.78, 5) is 16.5. The van der Waals surface area contributed by atoms with Gasteiger partial charge in [-0.1, -0.05) is 13.3 Å². The van der Waals surface area contributed by atoms with Crippen LogP contribution in [0.15, 0.2) is 42.5 Å². The summed E-state index contributed by atoms with van der Waals surface area (Å²) in [5, 5.41) is 3.71. The van der Waals surface area contributed by atoms with Gasteiger partial charge in [0.2, 0.25) is 0 Å². The molecule has 0 aromatic heterocycles. The number of carbonyl (C=O) groups excluding carboxylic acids is 1. The Morgan fingerprint density at radius 3 is 2.62 bits per heavy atom. The van der Waals surface area contributed by atoms with Crippen LogP contribution >= 0.6 is 0 Å². The summed E-state index contributed by atoms with van der Waals surface area (Å²) in [5.41, 5.74) is 1.66. The van der Waals surface area contributed by atoms with Crippen molar-refractivity contribution in [3.05, 3.63) is 53.8 Å². The maximum absolute atomic E-state index is 15.1. The summed E-state index contributed by atoms with van der Waals surface area (Å²) >= 11 is 0. The number of anilines is 2. The first-order valence-corrected chi connectivity index (χ1v) is 12.4. The molecule has 2 fully saturated rings. The quantitative estimate of drug-likeness (QED) is 0.543. The number of carbonyl (C=O) groups is 1. The Labute approximate surface area is 202 Å². The maximum Gasteiger partial charge on any atom is 0.258 e. The molecule has 0 radical (unpaired) electrons. The third kappa shape index (κ3) is 6.07. The SMILES string of the molecule is CCCCOc1ccc(C(=O)N(C)c2ccc(N3CCC(NC4CCOCC4)C3)c(F)c2)cc1. The Kier molecular flexibility index (Phi) is 8.40. The van der Waals surface area contributed by atoms with Crippen LogP contribution in [0, 0.1) is 5.82 Å². The van der Waals surface area contributed by atoms with Crippen LogP contribution in [-0.2, 0) is 4.74 Å². The molecule has 1 unspecified atom stereocenters. The molecule has 2 heterocycles. The minimum absolute atomic E-state index is 0.186. The van der Waals surface area contributed by atoms with Crippen molar-refractivity contribution in [1.82, 2.24) is 5.32 Å². The molecule has 0 spiro atoms. The van der Waals surface area contributed by atoms with E-state index in [2.05, 4.69) is 17.1 Å². The lowest BCUT2D eigenvalue weighted by molar-refractivity contribution is 0.0755. The topological polar surface area (TPSA) is 54.0 Å². The van der Waals surface area contributed by atoms with Gasteiger partial charge in [-0.2, -0.15) is 0 Å². The van der Waals surface area contributed by atoms with Gasteiger partial charge in [-0.15, -0.1) is 0 Å². The summed E-state index contributed by atoms with van der Waals surface area (Å²) in [6.07, 6.45) is 5.13. The van der Waals surface area contributed by atoms with Crippen molar-refractivity contribution in [2.75, 3.05) is 49.8 Å². The van der Waals surface area contributed by atoms with E-state index in [1.165, 1.54) is 11.0 Å². The molecular formula is C27H36FN3O3. The fourth-order valence-corrected chi connectivity index (χ4v) is 4.61. The molecule has 1 N–H and O–H groups in total. The van der Waals surface area contributed by atoms with E-state index in [9.17, 15) is 4.79 Å². The second-order valence-electron chi connectivity index (χ2n) is 9.21. The van der Waals surface area contributed by atoms with Crippen LogP contribution in [0.4, 0.5) is 15.8 Å². The Balaban J connectivity index is 1.35. The number of amides is 1. The van der Waals surface area contributed by atoms with E-state index < -0.39 is 0 Å². The molecule has 2 saturated heterocycles. The monoisotopic (exact) mass is 469 g/mol. The Morgan fingerprint density at radius 1 is 1.15 bits per heavy atom. The van der Waals surface area contributed by atoms with Gasteiger partial charge >= 0.3 is 0 Å². The highest BCUT2D eigenvalue weighted by Crippen LogP contribution is 2.28. The van der Waals surface area contributed by atoms with Crippen LogP contribution in [0.1, 0.15) is 49.4 Å². The van der Waals surface area contributed by atoms with E-state index in [0.29, 0.717) is 35.6 Å². The number of halogens is 1. The fraction of sp³-hybridized carbons (Fsp3) is 0.519. The number of hydrogen-bond donors (Lipinski definition) is 1. The van der Waals surface area contributed by atoms with E-state index in [-0.39, 0.29) is 11.7 Å². The maximum atomic E-state index is 15.1.